The van der Waals surface area contributed by atoms with Crippen molar-refractivity contribution in [2.45, 2.75) is 13.3 Å². The van der Waals surface area contributed by atoms with Gasteiger partial charge in [-0.1, -0.05) is 12.1 Å². The molecule has 1 aliphatic heterocycles. The summed E-state index contributed by atoms with van der Waals surface area (Å²) < 4.78 is 4.89. The monoisotopic (exact) mass is 218 g/mol. The fourth-order valence-corrected chi connectivity index (χ4v) is 1.66. The van der Waals surface area contributed by atoms with Crippen molar-refractivity contribution in [3.63, 3.8) is 0 Å². The van der Waals surface area contributed by atoms with Gasteiger partial charge in [-0.3, -0.25) is 0 Å². The van der Waals surface area contributed by atoms with Crippen molar-refractivity contribution >= 4 is 17.3 Å². The number of anilines is 2. The average Bonchev–Trinajstić information content (AvgIpc) is 2.68. The molecule has 4 nitrogen and oxygen atoms in total. The van der Waals surface area contributed by atoms with Gasteiger partial charge in [0.2, 0.25) is 0 Å². The number of nitrogens with two attached hydrogens (primary N) is 1. The van der Waals surface area contributed by atoms with Crippen molar-refractivity contribution in [1.82, 2.24) is 0 Å². The molecular weight excluding hydrogens is 204 g/mol. The van der Waals surface area contributed by atoms with Gasteiger partial charge in [-0.05, 0) is 19.1 Å². The number of hydrogen-bond acceptors (Lipinski definition) is 4. The Kier molecular flexibility index (Phi) is 2.81. The van der Waals surface area contributed by atoms with Crippen LogP contribution in [-0.2, 0) is 9.53 Å². The van der Waals surface area contributed by atoms with Crippen LogP contribution in [0.15, 0.2) is 35.5 Å². The van der Waals surface area contributed by atoms with Crippen LogP contribution in [0, 0.1) is 0 Å². The molecule has 1 saturated heterocycles. The molecular formula is C12H14N2O2. The molecule has 1 aliphatic rings. The minimum atomic E-state index is -0.237. The van der Waals surface area contributed by atoms with E-state index in [1.54, 1.807) is 0 Å². The number of cyclic esters (lactones) is 1. The molecule has 84 valence electrons. The van der Waals surface area contributed by atoms with Gasteiger partial charge < -0.3 is 15.8 Å². The Morgan fingerprint density at radius 1 is 1.44 bits per heavy atom. The van der Waals surface area contributed by atoms with Gasteiger partial charge in [-0.25, -0.2) is 4.79 Å². The average molecular weight is 218 g/mol. The fourth-order valence-electron chi connectivity index (χ4n) is 1.66. The summed E-state index contributed by atoms with van der Waals surface area (Å²) >= 11 is 0. The summed E-state index contributed by atoms with van der Waals surface area (Å²) in [7, 11) is 0. The normalized spacial score (nSPS) is 18.2. The second kappa shape index (κ2) is 4.26. The molecule has 0 unspecified atom stereocenters. The van der Waals surface area contributed by atoms with Crippen LogP contribution in [0.2, 0.25) is 0 Å². The molecule has 3 N–H and O–H groups in total. The Morgan fingerprint density at radius 3 is 2.81 bits per heavy atom. The molecule has 0 bridgehead atoms. The molecule has 2 rings (SSSR count). The van der Waals surface area contributed by atoms with Gasteiger partial charge in [0, 0.05) is 12.1 Å². The molecule has 0 aromatic heterocycles. The standard InChI is InChI=1S/C12H14N2O2/c1-8(9-6-7-16-12(9)15)14-11-5-3-2-4-10(11)13/h2-5,14H,6-7,13H2,1H3/b9-8-. The molecule has 0 radical (unpaired) electrons. The van der Waals surface area contributed by atoms with Gasteiger partial charge in [0.1, 0.15) is 0 Å². The molecule has 0 amide bonds. The number of carbonyl (C=O) groups is 1. The maximum atomic E-state index is 11.3. The van der Waals surface area contributed by atoms with Crippen molar-refractivity contribution in [2.75, 3.05) is 17.7 Å². The molecule has 4 heteroatoms. The first-order chi connectivity index (χ1) is 7.68. The summed E-state index contributed by atoms with van der Waals surface area (Å²) in [5, 5.41) is 3.14. The molecule has 16 heavy (non-hydrogen) atoms. The number of nitrogen functional groups attached to an aromatic ring is 1. The summed E-state index contributed by atoms with van der Waals surface area (Å²) in [6.07, 6.45) is 0.657. The second-order valence-corrected chi connectivity index (χ2v) is 3.70. The highest BCUT2D eigenvalue weighted by Gasteiger charge is 2.21. The van der Waals surface area contributed by atoms with E-state index in [9.17, 15) is 4.79 Å². The molecule has 0 atom stereocenters. The third-order valence-electron chi connectivity index (χ3n) is 2.57. The number of nitrogens with one attached hydrogen (secondary N) is 1. The SMILES string of the molecule is C/C(Nc1ccccc1N)=C1\CCOC1=O. The molecule has 1 aromatic rings. The minimum absolute atomic E-state index is 0.237. The largest absolute Gasteiger partial charge is 0.462 e. The van der Waals surface area contributed by atoms with Gasteiger partial charge in [0.15, 0.2) is 0 Å². The Balaban J connectivity index is 2.22. The van der Waals surface area contributed by atoms with E-state index in [4.69, 9.17) is 10.5 Å². The molecule has 1 heterocycles. The fraction of sp³-hybridized carbons (Fsp3) is 0.250. The quantitative estimate of drug-likeness (QED) is 0.452. The molecule has 1 fully saturated rings. The maximum absolute atomic E-state index is 11.3. The van der Waals surface area contributed by atoms with Crippen molar-refractivity contribution in [3.8, 4) is 0 Å². The number of ether oxygens (including phenoxy) is 1. The van der Waals surface area contributed by atoms with Gasteiger partial charge in [0.05, 0.1) is 23.6 Å². The highest BCUT2D eigenvalue weighted by atomic mass is 16.5. The van der Waals surface area contributed by atoms with Crippen LogP contribution < -0.4 is 11.1 Å². The molecule has 0 aliphatic carbocycles. The van der Waals surface area contributed by atoms with E-state index in [0.29, 0.717) is 24.3 Å². The van der Waals surface area contributed by atoms with Gasteiger partial charge in [0.25, 0.3) is 0 Å². The van der Waals surface area contributed by atoms with E-state index in [1.807, 2.05) is 31.2 Å². The van der Waals surface area contributed by atoms with Crippen LogP contribution in [0.25, 0.3) is 0 Å². The lowest BCUT2D eigenvalue weighted by Crippen LogP contribution is -2.06. The highest BCUT2D eigenvalue weighted by Crippen LogP contribution is 2.23. The van der Waals surface area contributed by atoms with E-state index < -0.39 is 0 Å². The third kappa shape index (κ3) is 2.00. The smallest absolute Gasteiger partial charge is 0.335 e. The van der Waals surface area contributed by atoms with E-state index in [1.165, 1.54) is 0 Å². The van der Waals surface area contributed by atoms with Crippen LogP contribution in [0.4, 0.5) is 11.4 Å². The van der Waals surface area contributed by atoms with Gasteiger partial charge in [-0.2, -0.15) is 0 Å². The van der Waals surface area contributed by atoms with Crippen molar-refractivity contribution in [2.24, 2.45) is 0 Å². The second-order valence-electron chi connectivity index (χ2n) is 3.70. The lowest BCUT2D eigenvalue weighted by Gasteiger charge is -2.10. The lowest BCUT2D eigenvalue weighted by molar-refractivity contribution is -0.135. The summed E-state index contributed by atoms with van der Waals surface area (Å²) in [5.74, 6) is -0.237. The van der Waals surface area contributed by atoms with Crippen molar-refractivity contribution in [1.29, 1.82) is 0 Å². The summed E-state index contributed by atoms with van der Waals surface area (Å²) in [6, 6.07) is 7.45. The number of rotatable bonds is 2. The zero-order valence-electron chi connectivity index (χ0n) is 9.12. The predicted molar refractivity (Wildman–Crippen MR) is 62.8 cm³/mol. The van der Waals surface area contributed by atoms with Crippen LogP contribution in [0.5, 0.6) is 0 Å². The first-order valence-corrected chi connectivity index (χ1v) is 5.17. The number of hydrogen-bond donors (Lipinski definition) is 2. The van der Waals surface area contributed by atoms with Crippen molar-refractivity contribution in [3.05, 3.63) is 35.5 Å². The Morgan fingerprint density at radius 2 is 2.19 bits per heavy atom. The van der Waals surface area contributed by atoms with Crippen LogP contribution in [-0.4, -0.2) is 12.6 Å². The molecule has 0 spiro atoms. The zero-order chi connectivity index (χ0) is 11.5. The number of carbonyl (C=O) groups excluding carboxylic acids is 1. The summed E-state index contributed by atoms with van der Waals surface area (Å²) in [4.78, 5) is 11.3. The Bertz CT molecular complexity index is 452. The minimum Gasteiger partial charge on any atom is -0.462 e. The number of para-hydroxylation sites is 2. The van der Waals surface area contributed by atoms with Crippen LogP contribution >= 0.6 is 0 Å². The summed E-state index contributed by atoms with van der Waals surface area (Å²) in [5.41, 5.74) is 8.78. The Hall–Kier alpha value is -1.97. The zero-order valence-corrected chi connectivity index (χ0v) is 9.12. The van der Waals surface area contributed by atoms with Crippen LogP contribution in [0.3, 0.4) is 0 Å². The summed E-state index contributed by atoms with van der Waals surface area (Å²) in [6.45, 7) is 2.33. The van der Waals surface area contributed by atoms with Gasteiger partial charge >= 0.3 is 5.97 Å². The predicted octanol–water partition coefficient (Wildman–Crippen LogP) is 1.90. The topological polar surface area (TPSA) is 64.3 Å². The number of allylic oxidation sites excluding steroid dienone is 1. The van der Waals surface area contributed by atoms with E-state index in [2.05, 4.69) is 5.32 Å². The first kappa shape index (κ1) is 10.5. The number of benzene rings is 1. The molecule has 1 aromatic carbocycles. The van der Waals surface area contributed by atoms with Crippen molar-refractivity contribution < 1.29 is 9.53 Å². The lowest BCUT2D eigenvalue weighted by atomic mass is 10.1. The van der Waals surface area contributed by atoms with Crippen LogP contribution in [0.1, 0.15) is 13.3 Å². The maximum Gasteiger partial charge on any atom is 0.335 e. The highest BCUT2D eigenvalue weighted by molar-refractivity contribution is 5.91. The number of esters is 1. The van der Waals surface area contributed by atoms with E-state index >= 15 is 0 Å². The molecule has 0 saturated carbocycles. The van der Waals surface area contributed by atoms with Gasteiger partial charge in [-0.15, -0.1) is 0 Å². The Labute approximate surface area is 94.1 Å². The first-order valence-electron chi connectivity index (χ1n) is 5.17. The third-order valence-corrected chi connectivity index (χ3v) is 2.57. The van der Waals surface area contributed by atoms with E-state index in [-0.39, 0.29) is 5.97 Å². The van der Waals surface area contributed by atoms with E-state index in [0.717, 1.165) is 11.4 Å².